The van der Waals surface area contributed by atoms with Gasteiger partial charge in [-0.05, 0) is 32.1 Å². The van der Waals surface area contributed by atoms with E-state index in [2.05, 4.69) is 18.9 Å². The lowest BCUT2D eigenvalue weighted by Crippen LogP contribution is -2.43. The number of nitrogens with two attached hydrogens (primary N) is 1. The number of ether oxygens (including phenoxy) is 1. The van der Waals surface area contributed by atoms with Crippen molar-refractivity contribution in [2.24, 2.45) is 11.8 Å². The van der Waals surface area contributed by atoms with Crippen molar-refractivity contribution >= 4 is 0 Å². The lowest BCUT2D eigenvalue weighted by atomic mass is 9.88. The second-order valence-electron chi connectivity index (χ2n) is 4.97. The van der Waals surface area contributed by atoms with E-state index >= 15 is 0 Å². The minimum Gasteiger partial charge on any atom is -0.378 e. The first-order valence-electron chi connectivity index (χ1n) is 7.02. The van der Waals surface area contributed by atoms with E-state index in [1.807, 2.05) is 6.08 Å². The topological polar surface area (TPSA) is 47.3 Å². The van der Waals surface area contributed by atoms with Gasteiger partial charge in [-0.1, -0.05) is 25.8 Å². The highest BCUT2D eigenvalue weighted by atomic mass is 16.5. The molecule has 0 aliphatic carbocycles. The van der Waals surface area contributed by atoms with Crippen molar-refractivity contribution in [3.05, 3.63) is 12.7 Å². The zero-order valence-electron chi connectivity index (χ0n) is 11.2. The zero-order valence-corrected chi connectivity index (χ0v) is 11.2. The van der Waals surface area contributed by atoms with Crippen LogP contribution in [0.3, 0.4) is 0 Å². The molecule has 0 amide bonds. The van der Waals surface area contributed by atoms with Gasteiger partial charge in [-0.25, -0.2) is 0 Å². The Bertz CT molecular complexity index is 208. The quantitative estimate of drug-likeness (QED) is 0.282. The molecule has 0 spiro atoms. The summed E-state index contributed by atoms with van der Waals surface area (Å²) < 4.78 is 5.73. The first kappa shape index (κ1) is 14.7. The van der Waals surface area contributed by atoms with Gasteiger partial charge in [0.05, 0.1) is 6.10 Å². The molecule has 0 saturated carbocycles. The van der Waals surface area contributed by atoms with E-state index in [0.29, 0.717) is 18.1 Å². The first-order valence-corrected chi connectivity index (χ1v) is 7.02. The molecular formula is C14H28N2O. The summed E-state index contributed by atoms with van der Waals surface area (Å²) in [4.78, 5) is 0. The Morgan fingerprint density at radius 1 is 1.47 bits per heavy atom. The second-order valence-corrected chi connectivity index (χ2v) is 4.97. The molecule has 1 aliphatic rings. The van der Waals surface area contributed by atoms with Gasteiger partial charge in [-0.2, -0.15) is 0 Å². The largest absolute Gasteiger partial charge is 0.378 e. The molecule has 3 nitrogen and oxygen atoms in total. The van der Waals surface area contributed by atoms with E-state index in [4.69, 9.17) is 10.6 Å². The number of rotatable bonds is 9. The highest BCUT2D eigenvalue weighted by Crippen LogP contribution is 2.28. The summed E-state index contributed by atoms with van der Waals surface area (Å²) in [6.07, 6.45) is 10.7. The van der Waals surface area contributed by atoms with Gasteiger partial charge in [0.15, 0.2) is 0 Å². The van der Waals surface area contributed by atoms with Gasteiger partial charge in [-0.3, -0.25) is 11.3 Å². The molecule has 3 atom stereocenters. The SMILES string of the molecule is C=CCCCCCC(NN)C1CCOC1CC. The number of allylic oxidation sites excluding steroid dienone is 1. The molecule has 3 unspecified atom stereocenters. The lowest BCUT2D eigenvalue weighted by molar-refractivity contribution is 0.0761. The summed E-state index contributed by atoms with van der Waals surface area (Å²) in [6.45, 7) is 6.84. The minimum atomic E-state index is 0.407. The van der Waals surface area contributed by atoms with Crippen LogP contribution in [-0.4, -0.2) is 18.8 Å². The van der Waals surface area contributed by atoms with E-state index in [1.165, 1.54) is 19.3 Å². The van der Waals surface area contributed by atoms with Crippen molar-refractivity contribution in [3.8, 4) is 0 Å². The smallest absolute Gasteiger partial charge is 0.0616 e. The van der Waals surface area contributed by atoms with E-state index in [1.54, 1.807) is 0 Å². The normalized spacial score (nSPS) is 26.0. The summed E-state index contributed by atoms with van der Waals surface area (Å²) in [6, 6.07) is 0.422. The summed E-state index contributed by atoms with van der Waals surface area (Å²) in [5.74, 6) is 6.29. The van der Waals surface area contributed by atoms with Crippen LogP contribution in [0.4, 0.5) is 0 Å². The van der Waals surface area contributed by atoms with Crippen LogP contribution < -0.4 is 11.3 Å². The van der Waals surface area contributed by atoms with Crippen molar-refractivity contribution in [1.29, 1.82) is 0 Å². The predicted octanol–water partition coefficient (Wildman–Crippen LogP) is 2.77. The third kappa shape index (κ3) is 4.78. The van der Waals surface area contributed by atoms with Gasteiger partial charge in [0.25, 0.3) is 0 Å². The van der Waals surface area contributed by atoms with E-state index < -0.39 is 0 Å². The molecule has 1 rings (SSSR count). The average molecular weight is 240 g/mol. The van der Waals surface area contributed by atoms with Gasteiger partial charge < -0.3 is 4.74 Å². The highest BCUT2D eigenvalue weighted by Gasteiger charge is 2.32. The maximum Gasteiger partial charge on any atom is 0.0616 e. The van der Waals surface area contributed by atoms with E-state index in [9.17, 15) is 0 Å². The molecule has 1 heterocycles. The Morgan fingerprint density at radius 3 is 2.94 bits per heavy atom. The second kappa shape index (κ2) is 8.67. The fourth-order valence-electron chi connectivity index (χ4n) is 2.80. The predicted molar refractivity (Wildman–Crippen MR) is 72.5 cm³/mol. The number of hydrogen-bond acceptors (Lipinski definition) is 3. The third-order valence-electron chi connectivity index (χ3n) is 3.82. The van der Waals surface area contributed by atoms with E-state index in [0.717, 1.165) is 32.3 Å². The van der Waals surface area contributed by atoms with Crippen molar-refractivity contribution < 1.29 is 4.74 Å². The molecule has 3 heteroatoms. The molecule has 0 bridgehead atoms. The molecule has 17 heavy (non-hydrogen) atoms. The van der Waals surface area contributed by atoms with Crippen molar-refractivity contribution in [3.63, 3.8) is 0 Å². The van der Waals surface area contributed by atoms with Gasteiger partial charge >= 0.3 is 0 Å². The van der Waals surface area contributed by atoms with Crippen LogP contribution in [0.25, 0.3) is 0 Å². The Balaban J connectivity index is 2.24. The van der Waals surface area contributed by atoms with Crippen molar-refractivity contribution in [2.45, 2.75) is 64.0 Å². The molecular weight excluding hydrogens is 212 g/mol. The molecule has 100 valence electrons. The van der Waals surface area contributed by atoms with Crippen LogP contribution in [-0.2, 0) is 4.74 Å². The van der Waals surface area contributed by atoms with Crippen LogP contribution in [0.1, 0.15) is 51.9 Å². The third-order valence-corrected chi connectivity index (χ3v) is 3.82. The summed E-state index contributed by atoms with van der Waals surface area (Å²) >= 11 is 0. The fraction of sp³-hybridized carbons (Fsp3) is 0.857. The van der Waals surface area contributed by atoms with Crippen LogP contribution >= 0.6 is 0 Å². The van der Waals surface area contributed by atoms with Crippen molar-refractivity contribution in [1.82, 2.24) is 5.43 Å². The van der Waals surface area contributed by atoms with Crippen LogP contribution in [0.5, 0.6) is 0 Å². The number of hydrogen-bond donors (Lipinski definition) is 2. The van der Waals surface area contributed by atoms with Gasteiger partial charge in [0.2, 0.25) is 0 Å². The summed E-state index contributed by atoms with van der Waals surface area (Å²) in [5.41, 5.74) is 3.00. The minimum absolute atomic E-state index is 0.407. The molecule has 0 radical (unpaired) electrons. The van der Waals surface area contributed by atoms with Crippen LogP contribution in [0, 0.1) is 5.92 Å². The number of unbranched alkanes of at least 4 members (excludes halogenated alkanes) is 3. The molecule has 3 N–H and O–H groups in total. The van der Waals surface area contributed by atoms with Crippen molar-refractivity contribution in [2.75, 3.05) is 6.61 Å². The Hall–Kier alpha value is -0.380. The molecule has 0 aromatic carbocycles. The monoisotopic (exact) mass is 240 g/mol. The van der Waals surface area contributed by atoms with Gasteiger partial charge in [0.1, 0.15) is 0 Å². The molecule has 1 aliphatic heterocycles. The highest BCUT2D eigenvalue weighted by molar-refractivity contribution is 4.84. The van der Waals surface area contributed by atoms with Gasteiger partial charge in [-0.15, -0.1) is 6.58 Å². The molecule has 0 aromatic rings. The Kier molecular flexibility index (Phi) is 7.49. The standard InChI is InChI=1S/C14H28N2O/c1-3-5-6-7-8-9-13(16-15)12-10-11-17-14(12)4-2/h3,12-14,16H,1,4-11,15H2,2H3. The number of hydrazine groups is 1. The average Bonchev–Trinajstić information content (AvgIpc) is 2.82. The maximum absolute atomic E-state index is 5.73. The van der Waals surface area contributed by atoms with Crippen LogP contribution in [0.2, 0.25) is 0 Å². The first-order chi connectivity index (χ1) is 8.33. The van der Waals surface area contributed by atoms with Gasteiger partial charge in [0, 0.05) is 18.6 Å². The molecule has 0 aromatic heterocycles. The van der Waals surface area contributed by atoms with Crippen LogP contribution in [0.15, 0.2) is 12.7 Å². The molecule has 1 saturated heterocycles. The Labute approximate surface area is 106 Å². The zero-order chi connectivity index (χ0) is 12.5. The summed E-state index contributed by atoms with van der Waals surface area (Å²) in [5, 5.41) is 0. The number of nitrogens with one attached hydrogen (secondary N) is 1. The van der Waals surface area contributed by atoms with E-state index in [-0.39, 0.29) is 0 Å². The summed E-state index contributed by atoms with van der Waals surface area (Å²) in [7, 11) is 0. The maximum atomic E-state index is 5.73. The Morgan fingerprint density at radius 2 is 2.29 bits per heavy atom. The molecule has 1 fully saturated rings. The lowest BCUT2D eigenvalue weighted by Gasteiger charge is -2.26. The fourth-order valence-corrected chi connectivity index (χ4v) is 2.80.